The lowest BCUT2D eigenvalue weighted by Gasteiger charge is -2.35. The lowest BCUT2D eigenvalue weighted by Crippen LogP contribution is -2.32. The number of carbonyl (C=O) groups excluding carboxylic acids is 2. The summed E-state index contributed by atoms with van der Waals surface area (Å²) in [6, 6.07) is 13.8. The monoisotopic (exact) mass is 605 g/mol. The molecule has 0 radical (unpaired) electrons. The van der Waals surface area contributed by atoms with Gasteiger partial charge in [0, 0.05) is 35.7 Å². The number of Topliss-reactive ketones (excluding diaryl/α,β-unsaturated/α-hetero) is 1. The van der Waals surface area contributed by atoms with Crippen LogP contribution in [0.3, 0.4) is 0 Å². The summed E-state index contributed by atoms with van der Waals surface area (Å²) in [7, 11) is 1.62. The molecule has 40 heavy (non-hydrogen) atoms. The molecule has 3 atom stereocenters. The van der Waals surface area contributed by atoms with E-state index in [0.717, 1.165) is 41.8 Å². The second-order valence-corrected chi connectivity index (χ2v) is 11.4. The van der Waals surface area contributed by atoms with E-state index < -0.39 is 11.8 Å². The van der Waals surface area contributed by atoms with Gasteiger partial charge >= 0.3 is 0 Å². The Morgan fingerprint density at radius 1 is 1.20 bits per heavy atom. The zero-order valence-electron chi connectivity index (χ0n) is 23.6. The molecule has 210 valence electrons. The summed E-state index contributed by atoms with van der Waals surface area (Å²) in [6.45, 7) is 6.20. The van der Waals surface area contributed by atoms with Gasteiger partial charge in [-0.1, -0.05) is 32.4 Å². The van der Waals surface area contributed by atoms with Crippen molar-refractivity contribution < 1.29 is 19.1 Å². The smallest absolute Gasteiger partial charge is 0.224 e. The molecule has 1 amide bonds. The number of aliphatic imine (C=N–C) groups is 1. The van der Waals surface area contributed by atoms with Crippen molar-refractivity contribution >= 4 is 39.0 Å². The van der Waals surface area contributed by atoms with Gasteiger partial charge in [-0.05, 0) is 83.4 Å². The largest absolute Gasteiger partial charge is 0.497 e. The molecule has 3 unspecified atom stereocenters. The summed E-state index contributed by atoms with van der Waals surface area (Å²) < 4.78 is 12.2. The highest BCUT2D eigenvalue weighted by atomic mass is 79.9. The number of nitrogens with zero attached hydrogens (tertiary/aromatic N) is 2. The first-order valence-electron chi connectivity index (χ1n) is 13.9. The van der Waals surface area contributed by atoms with Gasteiger partial charge in [0.1, 0.15) is 12.4 Å². The van der Waals surface area contributed by atoms with Crippen molar-refractivity contribution in [2.45, 2.75) is 71.8 Å². The lowest BCUT2D eigenvalue weighted by atomic mass is 9.70. The molecule has 0 spiro atoms. The third-order valence-corrected chi connectivity index (χ3v) is 8.09. The third-order valence-electron chi connectivity index (χ3n) is 7.50. The van der Waals surface area contributed by atoms with Gasteiger partial charge in [-0.2, -0.15) is 5.26 Å². The van der Waals surface area contributed by atoms with Gasteiger partial charge in [-0.3, -0.25) is 14.6 Å². The summed E-state index contributed by atoms with van der Waals surface area (Å²) in [4.78, 5) is 31.0. The molecule has 7 nitrogen and oxygen atoms in total. The van der Waals surface area contributed by atoms with Crippen LogP contribution in [0.2, 0.25) is 0 Å². The maximum Gasteiger partial charge on any atom is 0.224 e. The minimum absolute atomic E-state index is 0.0623. The number of anilines is 1. The predicted molar refractivity (Wildman–Crippen MR) is 160 cm³/mol. The first-order valence-corrected chi connectivity index (χ1v) is 14.7. The van der Waals surface area contributed by atoms with Crippen LogP contribution in [0.1, 0.15) is 76.3 Å². The zero-order valence-corrected chi connectivity index (χ0v) is 25.1. The number of amides is 1. The maximum atomic E-state index is 13.5. The topological polar surface area (TPSA) is 101 Å². The Labute approximate surface area is 244 Å². The Kier molecular flexibility index (Phi) is 9.80. The third kappa shape index (κ3) is 6.47. The minimum Gasteiger partial charge on any atom is -0.497 e. The van der Waals surface area contributed by atoms with Gasteiger partial charge < -0.3 is 14.8 Å². The van der Waals surface area contributed by atoms with Crippen LogP contribution in [0.15, 0.2) is 57.1 Å². The molecule has 2 aliphatic rings. The molecular formula is C32H36BrN3O4. The highest BCUT2D eigenvalue weighted by Gasteiger charge is 2.41. The Balaban J connectivity index is 1.76. The average molecular weight is 607 g/mol. The van der Waals surface area contributed by atoms with Gasteiger partial charge in [0.2, 0.25) is 5.91 Å². The summed E-state index contributed by atoms with van der Waals surface area (Å²) in [6.07, 6.45) is 4.26. The van der Waals surface area contributed by atoms with Crippen LogP contribution in [-0.2, 0) is 16.2 Å². The number of hydrogen-bond donors (Lipinski definition) is 1. The number of nitrogens with one attached hydrogen (secondary N) is 1. The lowest BCUT2D eigenvalue weighted by molar-refractivity contribution is -0.117. The summed E-state index contributed by atoms with van der Waals surface area (Å²) in [5.74, 6) is 0.358. The van der Waals surface area contributed by atoms with Crippen LogP contribution in [0.5, 0.6) is 11.5 Å². The first kappa shape index (κ1) is 29.5. The van der Waals surface area contributed by atoms with Crippen LogP contribution < -0.4 is 14.8 Å². The van der Waals surface area contributed by atoms with Crippen molar-refractivity contribution in [3.05, 3.63) is 63.3 Å². The number of rotatable bonds is 10. The number of benzene rings is 2. The van der Waals surface area contributed by atoms with E-state index in [1.807, 2.05) is 50.2 Å². The van der Waals surface area contributed by atoms with E-state index in [4.69, 9.17) is 14.5 Å². The molecule has 0 fully saturated rings. The Morgan fingerprint density at radius 2 is 2.00 bits per heavy atom. The van der Waals surface area contributed by atoms with Gasteiger partial charge in [0.25, 0.3) is 0 Å². The number of allylic oxidation sites excluding steroid dienone is 2. The summed E-state index contributed by atoms with van der Waals surface area (Å²) in [5.41, 5.74) is 4.32. The maximum absolute atomic E-state index is 13.5. The van der Waals surface area contributed by atoms with Crippen molar-refractivity contribution in [2.24, 2.45) is 16.8 Å². The standard InChI is InChI=1S/C32H36BrN3O4/c1-5-8-20-13-26-31(28(37)14-20)30(24(17-34)19(3)35-26)22-15-25(33)32(27(16-22)36-29(38)9-6-2)40-18-21-10-7-11-23(12-21)39-4/h7,10-12,15-16,20,24,30H,5-6,8-9,13-14,18H2,1-4H3,(H,36,38). The quantitative estimate of drug-likeness (QED) is 0.302. The van der Waals surface area contributed by atoms with Crippen molar-refractivity contribution in [2.75, 3.05) is 12.4 Å². The van der Waals surface area contributed by atoms with Crippen molar-refractivity contribution in [1.29, 1.82) is 5.26 Å². The number of nitriles is 1. The Bertz CT molecular complexity index is 1390. The second kappa shape index (κ2) is 13.3. The molecule has 0 bridgehead atoms. The minimum atomic E-state index is -0.583. The van der Waals surface area contributed by atoms with E-state index in [2.05, 4.69) is 34.2 Å². The molecule has 0 saturated carbocycles. The van der Waals surface area contributed by atoms with Crippen LogP contribution in [0, 0.1) is 23.2 Å². The van der Waals surface area contributed by atoms with Crippen LogP contribution in [0.25, 0.3) is 0 Å². The first-order chi connectivity index (χ1) is 19.3. The number of halogens is 1. The Morgan fingerprint density at radius 3 is 2.70 bits per heavy atom. The van der Waals surface area contributed by atoms with Crippen molar-refractivity contribution in [3.63, 3.8) is 0 Å². The fraction of sp³-hybridized carbons (Fsp3) is 0.438. The summed E-state index contributed by atoms with van der Waals surface area (Å²) >= 11 is 3.67. The number of ether oxygens (including phenoxy) is 2. The van der Waals surface area contributed by atoms with Crippen LogP contribution in [0.4, 0.5) is 5.69 Å². The Hall–Kier alpha value is -3.44. The highest BCUT2D eigenvalue weighted by Crippen LogP contribution is 2.47. The second-order valence-electron chi connectivity index (χ2n) is 10.5. The number of carbonyl (C=O) groups is 2. The fourth-order valence-corrected chi connectivity index (χ4v) is 6.26. The van der Waals surface area contributed by atoms with Crippen molar-refractivity contribution in [1.82, 2.24) is 0 Å². The van der Waals surface area contributed by atoms with Gasteiger partial charge in [-0.25, -0.2) is 0 Å². The molecule has 1 heterocycles. The molecule has 0 aromatic heterocycles. The molecule has 4 rings (SSSR count). The molecule has 2 aromatic rings. The average Bonchev–Trinajstić information content (AvgIpc) is 2.92. The van der Waals surface area contributed by atoms with Gasteiger partial charge in [0.05, 0.1) is 29.3 Å². The molecule has 0 saturated heterocycles. The SMILES string of the molecule is CCCC(=O)Nc1cc(C2C3=C(CC(CCC)CC3=O)N=C(C)C2C#N)cc(Br)c1OCc1cccc(OC)c1. The van der Waals surface area contributed by atoms with E-state index in [9.17, 15) is 14.9 Å². The molecule has 1 aliphatic carbocycles. The van der Waals surface area contributed by atoms with Crippen molar-refractivity contribution in [3.8, 4) is 17.6 Å². The van der Waals surface area contributed by atoms with Gasteiger partial charge in [0.15, 0.2) is 11.5 Å². The highest BCUT2D eigenvalue weighted by molar-refractivity contribution is 9.10. The van der Waals surface area contributed by atoms with E-state index in [1.54, 1.807) is 7.11 Å². The predicted octanol–water partition coefficient (Wildman–Crippen LogP) is 7.51. The van der Waals surface area contributed by atoms with Crippen LogP contribution in [-0.4, -0.2) is 24.5 Å². The molecule has 8 heteroatoms. The number of ketones is 1. The normalized spacial score (nSPS) is 20.4. The number of methoxy groups -OCH3 is 1. The molecule has 2 aromatic carbocycles. The molecule has 1 aliphatic heterocycles. The van der Waals surface area contributed by atoms with E-state index in [-0.39, 0.29) is 24.2 Å². The van der Waals surface area contributed by atoms with Gasteiger partial charge in [-0.15, -0.1) is 0 Å². The zero-order chi connectivity index (χ0) is 28.8. The number of hydrogen-bond acceptors (Lipinski definition) is 6. The van der Waals surface area contributed by atoms with E-state index in [0.29, 0.717) is 46.5 Å². The summed E-state index contributed by atoms with van der Waals surface area (Å²) in [5, 5.41) is 13.2. The van der Waals surface area contributed by atoms with Crippen LogP contribution >= 0.6 is 15.9 Å². The fourth-order valence-electron chi connectivity index (χ4n) is 5.67. The molecular weight excluding hydrogens is 570 g/mol. The van der Waals surface area contributed by atoms with E-state index in [1.165, 1.54) is 0 Å². The molecule has 1 N–H and O–H groups in total. The van der Waals surface area contributed by atoms with E-state index >= 15 is 0 Å².